The maximum Gasteiger partial charge on any atom is 0.314 e. The van der Waals surface area contributed by atoms with Gasteiger partial charge in [0.2, 0.25) is 0 Å². The molecule has 2 N–H and O–H groups in total. The number of carbonyl (C=O) groups is 1. The van der Waals surface area contributed by atoms with E-state index < -0.39 is 0 Å². The molecule has 1 heterocycles. The molecule has 2 amide bonds. The van der Waals surface area contributed by atoms with Crippen LogP contribution in [0, 0.1) is 6.92 Å². The third-order valence-electron chi connectivity index (χ3n) is 3.71. The van der Waals surface area contributed by atoms with E-state index in [1.807, 2.05) is 13.1 Å². The van der Waals surface area contributed by atoms with Gasteiger partial charge < -0.3 is 15.2 Å². The zero-order chi connectivity index (χ0) is 13.7. The second kappa shape index (κ2) is 6.59. The van der Waals surface area contributed by atoms with Crippen molar-refractivity contribution in [3.63, 3.8) is 0 Å². The molecule has 2 rings (SSSR count). The van der Waals surface area contributed by atoms with Crippen molar-refractivity contribution in [3.05, 3.63) is 17.7 Å². The van der Waals surface area contributed by atoms with Gasteiger partial charge in [-0.3, -0.25) is 0 Å². The van der Waals surface area contributed by atoms with E-state index in [0.29, 0.717) is 12.5 Å². The van der Waals surface area contributed by atoms with E-state index in [9.17, 15) is 4.79 Å². The fourth-order valence-electron chi connectivity index (χ4n) is 2.35. The Morgan fingerprint density at radius 2 is 2.16 bits per heavy atom. The molecule has 1 aromatic rings. The van der Waals surface area contributed by atoms with Gasteiger partial charge in [0.05, 0.1) is 0 Å². The van der Waals surface area contributed by atoms with Crippen LogP contribution in [-0.4, -0.2) is 28.7 Å². The topological polar surface area (TPSA) is 59.0 Å². The third-order valence-corrected chi connectivity index (χ3v) is 3.71. The predicted molar refractivity (Wildman–Crippen MR) is 75.2 cm³/mol. The van der Waals surface area contributed by atoms with Crippen LogP contribution in [0.1, 0.15) is 50.0 Å². The van der Waals surface area contributed by atoms with Crippen molar-refractivity contribution in [1.82, 2.24) is 20.2 Å². The van der Waals surface area contributed by atoms with E-state index in [1.165, 1.54) is 30.8 Å². The number of nitrogens with zero attached hydrogens (tertiary/aromatic N) is 2. The highest BCUT2D eigenvalue weighted by Crippen LogP contribution is 2.35. The zero-order valence-corrected chi connectivity index (χ0v) is 11.9. The normalized spacial score (nSPS) is 15.1. The average molecular weight is 264 g/mol. The number of carbonyl (C=O) groups excluding carboxylic acids is 1. The summed E-state index contributed by atoms with van der Waals surface area (Å²) in [6.45, 7) is 6.29. The Balaban J connectivity index is 1.82. The highest BCUT2D eigenvalue weighted by atomic mass is 16.2. The molecule has 0 radical (unpaired) electrons. The van der Waals surface area contributed by atoms with Crippen LogP contribution >= 0.6 is 0 Å². The molecule has 0 spiro atoms. The van der Waals surface area contributed by atoms with Crippen LogP contribution < -0.4 is 10.6 Å². The summed E-state index contributed by atoms with van der Waals surface area (Å²) in [5, 5.41) is 5.70. The van der Waals surface area contributed by atoms with E-state index in [2.05, 4.69) is 27.1 Å². The molecular formula is C14H24N4O. The summed E-state index contributed by atoms with van der Waals surface area (Å²) in [5.74, 6) is 1.82. The van der Waals surface area contributed by atoms with Gasteiger partial charge in [-0.1, -0.05) is 13.3 Å². The maximum absolute atomic E-state index is 11.5. The van der Waals surface area contributed by atoms with Gasteiger partial charge in [0.25, 0.3) is 0 Å². The van der Waals surface area contributed by atoms with Gasteiger partial charge >= 0.3 is 6.03 Å². The summed E-state index contributed by atoms with van der Waals surface area (Å²) >= 11 is 0. The van der Waals surface area contributed by atoms with Crippen molar-refractivity contribution in [2.24, 2.45) is 0 Å². The lowest BCUT2D eigenvalue weighted by molar-refractivity contribution is 0.240. The largest absolute Gasteiger partial charge is 0.338 e. The second-order valence-electron chi connectivity index (χ2n) is 5.22. The fraction of sp³-hybridized carbons (Fsp3) is 0.714. The lowest BCUT2D eigenvalue weighted by Gasteiger charge is -2.26. The van der Waals surface area contributed by atoms with Crippen LogP contribution in [0.3, 0.4) is 0 Å². The fourth-order valence-corrected chi connectivity index (χ4v) is 2.35. The van der Waals surface area contributed by atoms with E-state index in [1.54, 1.807) is 0 Å². The first kappa shape index (κ1) is 13.9. The molecule has 106 valence electrons. The Labute approximate surface area is 114 Å². The lowest BCUT2D eigenvalue weighted by atomic mass is 9.85. The predicted octanol–water partition coefficient (Wildman–Crippen LogP) is 2.17. The number of nitrogens with one attached hydrogen (secondary N) is 2. The molecule has 1 aliphatic carbocycles. The van der Waals surface area contributed by atoms with Crippen LogP contribution in [0.2, 0.25) is 0 Å². The third kappa shape index (κ3) is 3.49. The SMILES string of the molecule is CCCNC(=O)NCCn1c(C)cnc1C1CCC1. The summed E-state index contributed by atoms with van der Waals surface area (Å²) in [5.41, 5.74) is 1.18. The van der Waals surface area contributed by atoms with Crippen molar-refractivity contribution < 1.29 is 4.79 Å². The van der Waals surface area contributed by atoms with Crippen molar-refractivity contribution in [1.29, 1.82) is 0 Å². The molecular weight excluding hydrogens is 240 g/mol. The Kier molecular flexibility index (Phi) is 4.82. The van der Waals surface area contributed by atoms with Crippen molar-refractivity contribution >= 4 is 6.03 Å². The van der Waals surface area contributed by atoms with Gasteiger partial charge in [-0.15, -0.1) is 0 Å². The van der Waals surface area contributed by atoms with Gasteiger partial charge in [0.1, 0.15) is 5.82 Å². The van der Waals surface area contributed by atoms with Gasteiger partial charge in [-0.25, -0.2) is 9.78 Å². The summed E-state index contributed by atoms with van der Waals surface area (Å²) in [6.07, 6.45) is 6.71. The molecule has 1 fully saturated rings. The van der Waals surface area contributed by atoms with Crippen LogP contribution in [0.25, 0.3) is 0 Å². The Bertz CT molecular complexity index is 423. The van der Waals surface area contributed by atoms with Crippen molar-refractivity contribution in [2.45, 2.75) is 52.0 Å². The number of hydrogen-bond acceptors (Lipinski definition) is 2. The Morgan fingerprint density at radius 3 is 2.79 bits per heavy atom. The smallest absolute Gasteiger partial charge is 0.314 e. The molecule has 19 heavy (non-hydrogen) atoms. The van der Waals surface area contributed by atoms with Gasteiger partial charge in [-0.2, -0.15) is 0 Å². The van der Waals surface area contributed by atoms with Crippen LogP contribution in [0.5, 0.6) is 0 Å². The number of urea groups is 1. The van der Waals surface area contributed by atoms with E-state index in [0.717, 1.165) is 19.5 Å². The molecule has 0 saturated heterocycles. The summed E-state index contributed by atoms with van der Waals surface area (Å²) in [7, 11) is 0. The minimum absolute atomic E-state index is 0.0789. The van der Waals surface area contributed by atoms with Gasteiger partial charge in [-0.05, 0) is 26.2 Å². The highest BCUT2D eigenvalue weighted by Gasteiger charge is 2.24. The van der Waals surface area contributed by atoms with Crippen LogP contribution in [0.4, 0.5) is 4.79 Å². The van der Waals surface area contributed by atoms with Crippen molar-refractivity contribution in [3.8, 4) is 0 Å². The quantitative estimate of drug-likeness (QED) is 0.827. The first-order valence-corrected chi connectivity index (χ1v) is 7.26. The highest BCUT2D eigenvalue weighted by molar-refractivity contribution is 5.73. The second-order valence-corrected chi connectivity index (χ2v) is 5.22. The lowest BCUT2D eigenvalue weighted by Crippen LogP contribution is -2.37. The number of imidazole rings is 1. The minimum Gasteiger partial charge on any atom is -0.338 e. The first-order chi connectivity index (χ1) is 9.22. The van der Waals surface area contributed by atoms with Crippen LogP contribution in [-0.2, 0) is 6.54 Å². The van der Waals surface area contributed by atoms with E-state index in [4.69, 9.17) is 0 Å². The number of amides is 2. The van der Waals surface area contributed by atoms with Crippen molar-refractivity contribution in [2.75, 3.05) is 13.1 Å². The monoisotopic (exact) mass is 264 g/mol. The zero-order valence-electron chi connectivity index (χ0n) is 11.9. The molecule has 0 bridgehead atoms. The van der Waals surface area contributed by atoms with Gasteiger partial charge in [0.15, 0.2) is 0 Å². The van der Waals surface area contributed by atoms with Crippen LogP contribution in [0.15, 0.2) is 6.20 Å². The molecule has 0 atom stereocenters. The number of aryl methyl sites for hydroxylation is 1. The van der Waals surface area contributed by atoms with Gasteiger partial charge in [0, 0.05) is 37.4 Å². The molecule has 1 saturated carbocycles. The summed E-state index contributed by atoms with van der Waals surface area (Å²) in [6, 6.07) is -0.0789. The standard InChI is InChI=1S/C14H24N4O/c1-3-7-15-14(19)16-8-9-18-11(2)10-17-13(18)12-5-4-6-12/h10,12H,3-9H2,1-2H3,(H2,15,16,19). The molecule has 0 unspecified atom stereocenters. The summed E-state index contributed by atoms with van der Waals surface area (Å²) < 4.78 is 2.24. The summed E-state index contributed by atoms with van der Waals surface area (Å²) in [4.78, 5) is 16.0. The number of hydrogen-bond donors (Lipinski definition) is 2. The Hall–Kier alpha value is -1.52. The van der Waals surface area contributed by atoms with E-state index in [-0.39, 0.29) is 6.03 Å². The molecule has 0 aromatic carbocycles. The minimum atomic E-state index is -0.0789. The average Bonchev–Trinajstić information content (AvgIpc) is 2.67. The number of rotatable bonds is 6. The number of aromatic nitrogens is 2. The molecule has 1 aromatic heterocycles. The molecule has 5 heteroatoms. The molecule has 1 aliphatic rings. The Morgan fingerprint density at radius 1 is 1.42 bits per heavy atom. The first-order valence-electron chi connectivity index (χ1n) is 7.26. The molecule has 5 nitrogen and oxygen atoms in total. The van der Waals surface area contributed by atoms with E-state index >= 15 is 0 Å². The molecule has 0 aliphatic heterocycles. The maximum atomic E-state index is 11.5.